The summed E-state index contributed by atoms with van der Waals surface area (Å²) >= 11 is 0. The lowest BCUT2D eigenvalue weighted by atomic mass is 9.69. The van der Waals surface area contributed by atoms with Crippen molar-refractivity contribution in [3.8, 4) is 22.3 Å². The molecule has 1 aromatic heterocycles. The predicted molar refractivity (Wildman–Crippen MR) is 237 cm³/mol. The van der Waals surface area contributed by atoms with Crippen molar-refractivity contribution in [3.63, 3.8) is 0 Å². The Kier molecular flexibility index (Phi) is 6.13. The maximum absolute atomic E-state index is 6.26. The molecule has 0 radical (unpaired) electrons. The standard InChI is InChI=1S/C55H33NO/c1-2-14-36(15-3-1)56(38-28-29-52-46(33-38)43-20-10-13-25-51(43)57-52)37-27-26-34-31-47-50(32-35(34)30-37)55(48-23-11-8-18-41(48)42-19-9-12-24-49(42)55)54-45-22-7-5-17-40(45)39-16-4-6-21-44(39)53(47)54/h1-33H. The minimum absolute atomic E-state index is 0.488. The van der Waals surface area contributed by atoms with Gasteiger partial charge in [-0.05, 0) is 137 Å². The summed E-state index contributed by atoms with van der Waals surface area (Å²) in [5, 5.41) is 9.89. The molecule has 1 spiro atoms. The summed E-state index contributed by atoms with van der Waals surface area (Å²) in [6.45, 7) is 0. The van der Waals surface area contributed by atoms with Gasteiger partial charge in [-0.2, -0.15) is 0 Å². The van der Waals surface area contributed by atoms with Crippen molar-refractivity contribution < 1.29 is 4.42 Å². The van der Waals surface area contributed by atoms with Gasteiger partial charge in [-0.15, -0.1) is 0 Å². The number of hydrogen-bond acceptors (Lipinski definition) is 2. The molecule has 0 amide bonds. The molecule has 13 rings (SSSR count). The van der Waals surface area contributed by atoms with Crippen LogP contribution in [-0.4, -0.2) is 0 Å². The Hall–Kier alpha value is -7.42. The SMILES string of the molecule is c1ccc(N(c2ccc3cc4c(cc3c2)C2(c3ccccc3-c3ccccc32)c2c-4c3ccccc3c3ccccc23)c2ccc3oc4ccccc4c3c2)cc1. The second-order valence-electron chi connectivity index (χ2n) is 15.6. The molecule has 2 heteroatoms. The molecule has 0 bridgehead atoms. The second-order valence-corrected chi connectivity index (χ2v) is 15.6. The van der Waals surface area contributed by atoms with E-state index in [1.165, 1.54) is 76.8 Å². The number of para-hydroxylation sites is 2. The summed E-state index contributed by atoms with van der Waals surface area (Å²) in [6.07, 6.45) is 0. The molecular formula is C55H33NO. The van der Waals surface area contributed by atoms with Crippen molar-refractivity contribution in [1.29, 1.82) is 0 Å². The number of rotatable bonds is 3. The number of nitrogens with zero attached hydrogens (tertiary/aromatic N) is 1. The monoisotopic (exact) mass is 723 g/mol. The number of anilines is 3. The van der Waals surface area contributed by atoms with E-state index in [1.807, 2.05) is 12.1 Å². The zero-order chi connectivity index (χ0) is 37.2. The average Bonchev–Trinajstić information content (AvgIpc) is 3.90. The van der Waals surface area contributed by atoms with Crippen LogP contribution in [0.25, 0.3) is 76.5 Å². The van der Waals surface area contributed by atoms with Crippen LogP contribution in [0.4, 0.5) is 17.1 Å². The zero-order valence-electron chi connectivity index (χ0n) is 30.9. The quantitative estimate of drug-likeness (QED) is 0.169. The van der Waals surface area contributed by atoms with Crippen molar-refractivity contribution in [2.45, 2.75) is 5.41 Å². The topological polar surface area (TPSA) is 16.4 Å². The van der Waals surface area contributed by atoms with Crippen molar-refractivity contribution >= 4 is 71.3 Å². The van der Waals surface area contributed by atoms with Crippen LogP contribution in [0, 0.1) is 0 Å². The number of fused-ring (bicyclic) bond motifs is 19. The van der Waals surface area contributed by atoms with Gasteiger partial charge >= 0.3 is 0 Å². The van der Waals surface area contributed by atoms with Gasteiger partial charge in [0.2, 0.25) is 0 Å². The fraction of sp³-hybridized carbons (Fsp3) is 0.0182. The minimum Gasteiger partial charge on any atom is -0.456 e. The molecule has 0 atom stereocenters. The summed E-state index contributed by atoms with van der Waals surface area (Å²) < 4.78 is 6.26. The molecule has 57 heavy (non-hydrogen) atoms. The Morgan fingerprint density at radius 1 is 0.333 bits per heavy atom. The van der Waals surface area contributed by atoms with Gasteiger partial charge < -0.3 is 9.32 Å². The number of furan rings is 1. The fourth-order valence-corrected chi connectivity index (χ4v) is 10.6. The summed E-state index contributed by atoms with van der Waals surface area (Å²) in [7, 11) is 0. The second kappa shape index (κ2) is 11.3. The molecule has 2 aliphatic carbocycles. The first-order chi connectivity index (χ1) is 28.3. The Balaban J connectivity index is 1.12. The molecule has 0 saturated heterocycles. The molecule has 0 saturated carbocycles. The molecular weight excluding hydrogens is 691 g/mol. The summed E-state index contributed by atoms with van der Waals surface area (Å²) in [4.78, 5) is 2.37. The van der Waals surface area contributed by atoms with E-state index in [9.17, 15) is 0 Å². The van der Waals surface area contributed by atoms with Crippen molar-refractivity contribution in [2.24, 2.45) is 0 Å². The van der Waals surface area contributed by atoms with Crippen LogP contribution in [-0.2, 0) is 5.41 Å². The summed E-state index contributed by atoms with van der Waals surface area (Å²) in [5.41, 5.74) is 15.3. The Labute approximate surface area is 329 Å². The number of benzene rings is 10. The van der Waals surface area contributed by atoms with E-state index in [0.717, 1.165) is 39.0 Å². The van der Waals surface area contributed by atoms with Gasteiger partial charge in [-0.25, -0.2) is 0 Å². The Morgan fingerprint density at radius 3 is 1.68 bits per heavy atom. The van der Waals surface area contributed by atoms with Crippen LogP contribution in [0.5, 0.6) is 0 Å². The van der Waals surface area contributed by atoms with Crippen molar-refractivity contribution in [1.82, 2.24) is 0 Å². The van der Waals surface area contributed by atoms with Gasteiger partial charge in [0, 0.05) is 27.8 Å². The van der Waals surface area contributed by atoms with Crippen LogP contribution in [0.3, 0.4) is 0 Å². The highest BCUT2D eigenvalue weighted by molar-refractivity contribution is 6.20. The first-order valence-corrected chi connectivity index (χ1v) is 19.8. The van der Waals surface area contributed by atoms with E-state index in [1.54, 1.807) is 0 Å². The van der Waals surface area contributed by atoms with Gasteiger partial charge in [-0.3, -0.25) is 0 Å². The van der Waals surface area contributed by atoms with Crippen LogP contribution in [0.2, 0.25) is 0 Å². The normalized spacial score (nSPS) is 13.4. The molecule has 2 aliphatic rings. The van der Waals surface area contributed by atoms with Gasteiger partial charge in [0.1, 0.15) is 11.2 Å². The van der Waals surface area contributed by atoms with Gasteiger partial charge in [-0.1, -0.05) is 140 Å². The third-order valence-corrected chi connectivity index (χ3v) is 12.8. The van der Waals surface area contributed by atoms with Crippen LogP contribution in [0.15, 0.2) is 205 Å². The maximum atomic E-state index is 6.26. The molecule has 264 valence electrons. The van der Waals surface area contributed by atoms with Crippen molar-refractivity contribution in [3.05, 3.63) is 222 Å². The van der Waals surface area contributed by atoms with Crippen LogP contribution < -0.4 is 4.90 Å². The molecule has 11 aromatic rings. The van der Waals surface area contributed by atoms with E-state index in [0.29, 0.717) is 0 Å². The first kappa shape index (κ1) is 30.9. The van der Waals surface area contributed by atoms with Gasteiger partial charge in [0.05, 0.1) is 5.41 Å². The highest BCUT2D eigenvalue weighted by Crippen LogP contribution is 2.65. The van der Waals surface area contributed by atoms with E-state index in [4.69, 9.17) is 4.42 Å². The smallest absolute Gasteiger partial charge is 0.135 e. The maximum Gasteiger partial charge on any atom is 0.135 e. The predicted octanol–water partition coefficient (Wildman–Crippen LogP) is 14.9. The van der Waals surface area contributed by atoms with E-state index in [-0.39, 0.29) is 0 Å². The Bertz CT molecular complexity index is 3440. The summed E-state index contributed by atoms with van der Waals surface area (Å²) in [6, 6.07) is 73.9. The van der Waals surface area contributed by atoms with Gasteiger partial charge in [0.25, 0.3) is 0 Å². The average molecular weight is 724 g/mol. The molecule has 0 unspecified atom stereocenters. The molecule has 0 aliphatic heterocycles. The molecule has 10 aromatic carbocycles. The molecule has 0 fully saturated rings. The summed E-state index contributed by atoms with van der Waals surface area (Å²) in [5.74, 6) is 0. The highest BCUT2D eigenvalue weighted by atomic mass is 16.3. The molecule has 1 heterocycles. The van der Waals surface area contributed by atoms with E-state index in [2.05, 4.69) is 193 Å². The third-order valence-electron chi connectivity index (χ3n) is 12.8. The third kappa shape index (κ3) is 4.04. The zero-order valence-corrected chi connectivity index (χ0v) is 30.9. The van der Waals surface area contributed by atoms with E-state index >= 15 is 0 Å². The molecule has 2 nitrogen and oxygen atoms in total. The largest absolute Gasteiger partial charge is 0.456 e. The lowest BCUT2D eigenvalue weighted by molar-refractivity contribution is 0.669. The van der Waals surface area contributed by atoms with E-state index < -0.39 is 5.41 Å². The highest BCUT2D eigenvalue weighted by Gasteiger charge is 2.53. The number of hydrogen-bond donors (Lipinski definition) is 0. The van der Waals surface area contributed by atoms with Crippen LogP contribution >= 0.6 is 0 Å². The van der Waals surface area contributed by atoms with Gasteiger partial charge in [0.15, 0.2) is 0 Å². The fourth-order valence-electron chi connectivity index (χ4n) is 10.6. The lowest BCUT2D eigenvalue weighted by Crippen LogP contribution is -2.26. The van der Waals surface area contributed by atoms with Crippen molar-refractivity contribution in [2.75, 3.05) is 4.90 Å². The van der Waals surface area contributed by atoms with Crippen LogP contribution in [0.1, 0.15) is 22.3 Å². The Morgan fingerprint density at radius 2 is 0.912 bits per heavy atom. The first-order valence-electron chi connectivity index (χ1n) is 19.8. The lowest BCUT2D eigenvalue weighted by Gasteiger charge is -2.32. The minimum atomic E-state index is -0.488. The molecule has 0 N–H and O–H groups in total.